The highest BCUT2D eigenvalue weighted by molar-refractivity contribution is 7.95. The normalized spacial score (nSPS) is 16.8. The Bertz CT molecular complexity index is 982. The lowest BCUT2D eigenvalue weighted by atomic mass is 10.0. The van der Waals surface area contributed by atoms with Gasteiger partial charge in [0.2, 0.25) is 0 Å². The molecule has 1 aromatic heterocycles. The van der Waals surface area contributed by atoms with Gasteiger partial charge in [0, 0.05) is 49.3 Å². The van der Waals surface area contributed by atoms with E-state index in [2.05, 4.69) is 36.2 Å². The first-order chi connectivity index (χ1) is 14.6. The van der Waals surface area contributed by atoms with Crippen molar-refractivity contribution in [2.45, 2.75) is 24.8 Å². The number of nitrogens with one attached hydrogen (secondary N) is 1. The highest BCUT2D eigenvalue weighted by Crippen LogP contribution is 2.36. The van der Waals surface area contributed by atoms with Crippen LogP contribution in [0.2, 0.25) is 0 Å². The van der Waals surface area contributed by atoms with Crippen LogP contribution < -0.4 is 23.9 Å². The number of anilines is 1. The molecule has 6 nitrogen and oxygen atoms in total. The van der Waals surface area contributed by atoms with Gasteiger partial charge in [-0.3, -0.25) is 0 Å². The van der Waals surface area contributed by atoms with Gasteiger partial charge in [-0.15, -0.1) is 0 Å². The van der Waals surface area contributed by atoms with Gasteiger partial charge in [-0.05, 0) is 24.1 Å². The van der Waals surface area contributed by atoms with Crippen LogP contribution in [0.25, 0.3) is 11.0 Å². The second kappa shape index (κ2) is 9.10. The molecule has 2 aromatic carbocycles. The van der Waals surface area contributed by atoms with Crippen molar-refractivity contribution in [2.24, 2.45) is 5.92 Å². The summed E-state index contributed by atoms with van der Waals surface area (Å²) in [5.41, 5.74) is 2.03. The zero-order valence-corrected chi connectivity index (χ0v) is 18.6. The monoisotopic (exact) mass is 428 g/mol. The number of furan rings is 1. The van der Waals surface area contributed by atoms with Crippen LogP contribution in [0, 0.1) is 5.92 Å². The maximum absolute atomic E-state index is 6.00. The van der Waals surface area contributed by atoms with Crippen molar-refractivity contribution in [3.05, 3.63) is 42.7 Å². The average Bonchev–Trinajstić information content (AvgIpc) is 3.25. The lowest BCUT2D eigenvalue weighted by Crippen LogP contribution is -2.53. The van der Waals surface area contributed by atoms with E-state index in [9.17, 15) is 0 Å². The Labute approximate surface area is 181 Å². The van der Waals surface area contributed by atoms with Gasteiger partial charge in [0.25, 0.3) is 0 Å². The molecule has 0 radical (unpaired) electrons. The molecule has 0 amide bonds. The van der Waals surface area contributed by atoms with Crippen LogP contribution in [0.5, 0.6) is 17.2 Å². The molecular formula is C23H28N2O4S. The number of hydrogen-bond acceptors (Lipinski definition) is 7. The van der Waals surface area contributed by atoms with Crippen LogP contribution in [-0.4, -0.2) is 39.9 Å². The molecule has 7 heteroatoms. The lowest BCUT2D eigenvalue weighted by molar-refractivity contribution is 0.368. The average molecular weight is 429 g/mol. The first-order valence-corrected chi connectivity index (χ1v) is 10.9. The number of ether oxygens (including phenoxy) is 2. The number of benzene rings is 2. The third-order valence-electron chi connectivity index (χ3n) is 5.41. The summed E-state index contributed by atoms with van der Waals surface area (Å²) in [7, 11) is 3.26. The molecule has 1 unspecified atom stereocenters. The fourth-order valence-electron chi connectivity index (χ4n) is 3.69. The molecule has 0 spiro atoms. The highest BCUT2D eigenvalue weighted by Gasteiger charge is 2.24. The molecule has 3 aromatic rings. The standard InChI is InChI=1S/C23H28N2O4S/c1-15(2)21-14-25(7-6-24-21)22-13-20(9-16-5-8-28-23(16)22)30-29-19-11-17(26-3)10-18(12-19)27-4/h5,8-13,15,21,24H,6-7,14H2,1-4H3. The fourth-order valence-corrected chi connectivity index (χ4v) is 4.31. The number of nitrogens with zero attached hydrogens (tertiary/aromatic N) is 1. The molecule has 1 aliphatic heterocycles. The summed E-state index contributed by atoms with van der Waals surface area (Å²) in [5, 5.41) is 4.69. The Balaban J connectivity index is 1.58. The maximum Gasteiger partial charge on any atom is 0.157 e. The highest BCUT2D eigenvalue weighted by atomic mass is 32.2. The Morgan fingerprint density at radius 1 is 1.07 bits per heavy atom. The van der Waals surface area contributed by atoms with E-state index in [1.54, 1.807) is 20.5 Å². The number of rotatable bonds is 7. The minimum Gasteiger partial charge on any atom is -0.496 e. The predicted molar refractivity (Wildman–Crippen MR) is 121 cm³/mol. The van der Waals surface area contributed by atoms with Crippen LogP contribution in [0.3, 0.4) is 0 Å². The molecule has 0 aliphatic carbocycles. The van der Waals surface area contributed by atoms with Gasteiger partial charge >= 0.3 is 0 Å². The summed E-state index contributed by atoms with van der Waals surface area (Å²) < 4.78 is 22.5. The molecule has 160 valence electrons. The van der Waals surface area contributed by atoms with E-state index in [4.69, 9.17) is 18.1 Å². The van der Waals surface area contributed by atoms with E-state index in [0.29, 0.717) is 29.2 Å². The molecule has 30 heavy (non-hydrogen) atoms. The van der Waals surface area contributed by atoms with Gasteiger partial charge < -0.3 is 28.3 Å². The van der Waals surface area contributed by atoms with Crippen LogP contribution in [0.15, 0.2) is 52.0 Å². The summed E-state index contributed by atoms with van der Waals surface area (Å²) in [5.74, 6) is 2.63. The quantitative estimate of drug-likeness (QED) is 0.533. The molecule has 0 saturated carbocycles. The van der Waals surface area contributed by atoms with Crippen LogP contribution in [0.1, 0.15) is 13.8 Å². The molecule has 1 atom stereocenters. The van der Waals surface area contributed by atoms with Crippen LogP contribution in [0.4, 0.5) is 5.69 Å². The zero-order valence-electron chi connectivity index (χ0n) is 17.8. The topological polar surface area (TPSA) is 56.1 Å². The first kappa shape index (κ1) is 20.8. The van der Waals surface area contributed by atoms with E-state index in [-0.39, 0.29) is 0 Å². The van der Waals surface area contributed by atoms with E-state index < -0.39 is 0 Å². The SMILES string of the molecule is COc1cc(OC)cc(OSc2cc(N3CCNC(C(C)C)C3)c3occc3c2)c1. The molecule has 1 N–H and O–H groups in total. The maximum atomic E-state index is 6.00. The molecule has 2 heterocycles. The minimum atomic E-state index is 0.459. The third kappa shape index (κ3) is 4.47. The van der Waals surface area contributed by atoms with Crippen molar-refractivity contribution in [3.63, 3.8) is 0 Å². The predicted octanol–water partition coefficient (Wildman–Crippen LogP) is 4.97. The third-order valence-corrected chi connectivity index (χ3v) is 6.12. The summed E-state index contributed by atoms with van der Waals surface area (Å²) >= 11 is 1.32. The van der Waals surface area contributed by atoms with E-state index in [0.717, 1.165) is 41.2 Å². The van der Waals surface area contributed by atoms with Gasteiger partial charge in [-0.2, -0.15) is 0 Å². The van der Waals surface area contributed by atoms with Crippen LogP contribution in [-0.2, 0) is 0 Å². The molecular weight excluding hydrogens is 400 g/mol. The smallest absolute Gasteiger partial charge is 0.157 e. The fraction of sp³-hybridized carbons (Fsp3) is 0.391. The summed E-state index contributed by atoms with van der Waals surface area (Å²) in [6.07, 6.45) is 1.75. The molecule has 0 bridgehead atoms. The number of hydrogen-bond donors (Lipinski definition) is 1. The van der Waals surface area contributed by atoms with Crippen LogP contribution >= 0.6 is 12.0 Å². The Morgan fingerprint density at radius 2 is 1.80 bits per heavy atom. The lowest BCUT2D eigenvalue weighted by Gasteiger charge is -2.37. The second-order valence-corrected chi connectivity index (χ2v) is 8.55. The second-order valence-electron chi connectivity index (χ2n) is 7.75. The number of fused-ring (bicyclic) bond motifs is 1. The van der Waals surface area contributed by atoms with E-state index in [1.165, 1.54) is 12.0 Å². The van der Waals surface area contributed by atoms with Gasteiger partial charge in [0.05, 0.1) is 43.1 Å². The first-order valence-electron chi connectivity index (χ1n) is 10.1. The summed E-state index contributed by atoms with van der Waals surface area (Å²) in [4.78, 5) is 3.42. The van der Waals surface area contributed by atoms with Gasteiger partial charge in [-0.25, -0.2) is 0 Å². The molecule has 1 saturated heterocycles. The zero-order chi connectivity index (χ0) is 21.1. The van der Waals surface area contributed by atoms with Crippen molar-refractivity contribution in [3.8, 4) is 17.2 Å². The Kier molecular flexibility index (Phi) is 6.29. The Hall–Kier alpha value is -2.51. The summed E-state index contributed by atoms with van der Waals surface area (Å²) in [6, 6.07) is 12.2. The summed E-state index contributed by atoms with van der Waals surface area (Å²) in [6.45, 7) is 7.37. The van der Waals surface area contributed by atoms with Crippen molar-refractivity contribution in [1.82, 2.24) is 5.32 Å². The van der Waals surface area contributed by atoms with E-state index in [1.807, 2.05) is 24.3 Å². The minimum absolute atomic E-state index is 0.459. The molecule has 1 fully saturated rings. The molecule has 4 rings (SSSR count). The number of methoxy groups -OCH3 is 2. The van der Waals surface area contributed by atoms with Gasteiger partial charge in [0.15, 0.2) is 5.58 Å². The van der Waals surface area contributed by atoms with E-state index >= 15 is 0 Å². The Morgan fingerprint density at radius 3 is 2.50 bits per heavy atom. The van der Waals surface area contributed by atoms with Crippen molar-refractivity contribution >= 4 is 28.7 Å². The molecule has 1 aliphatic rings. The van der Waals surface area contributed by atoms with Gasteiger partial charge in [0.1, 0.15) is 17.2 Å². The van der Waals surface area contributed by atoms with Gasteiger partial charge in [-0.1, -0.05) is 13.8 Å². The van der Waals surface area contributed by atoms with Crippen molar-refractivity contribution < 1.29 is 18.1 Å². The van der Waals surface area contributed by atoms with Crippen molar-refractivity contribution in [1.29, 1.82) is 0 Å². The number of piperazine rings is 1. The van der Waals surface area contributed by atoms with Crippen molar-refractivity contribution in [2.75, 3.05) is 38.8 Å². The largest absolute Gasteiger partial charge is 0.496 e.